The van der Waals surface area contributed by atoms with E-state index in [0.717, 1.165) is 11.0 Å². The highest BCUT2D eigenvalue weighted by molar-refractivity contribution is 6.03. The molecule has 0 spiro atoms. The summed E-state index contributed by atoms with van der Waals surface area (Å²) in [4.78, 5) is 12.8. The van der Waals surface area contributed by atoms with Gasteiger partial charge in [0.2, 0.25) is 0 Å². The quantitative estimate of drug-likeness (QED) is 0.453. The first-order valence-electron chi connectivity index (χ1n) is 8.85. The Balaban J connectivity index is 1.86. The Kier molecular flexibility index (Phi) is 4.57. The number of urea groups is 1. The maximum Gasteiger partial charge on any atom is 0.324 e. The molecule has 0 bridgehead atoms. The SMILES string of the molecule is Cc1ccc(F)c(N(C(N)=O)c2ccc(-c3ccc(F)c4[nH]nc(N)c34)cc2F)c1. The molecule has 1 aromatic heterocycles. The minimum absolute atomic E-state index is 0.0598. The molecule has 152 valence electrons. The Morgan fingerprint density at radius 1 is 0.967 bits per heavy atom. The minimum Gasteiger partial charge on any atom is -0.382 e. The van der Waals surface area contributed by atoms with Crippen molar-refractivity contribution in [2.24, 2.45) is 5.73 Å². The summed E-state index contributed by atoms with van der Waals surface area (Å²) in [6, 6.07) is 9.62. The van der Waals surface area contributed by atoms with E-state index in [1.807, 2.05) is 0 Å². The van der Waals surface area contributed by atoms with Crippen LogP contribution in [0.4, 0.5) is 35.2 Å². The number of aromatic nitrogens is 2. The number of nitrogens with two attached hydrogens (primary N) is 2. The van der Waals surface area contributed by atoms with Gasteiger partial charge in [0.25, 0.3) is 0 Å². The van der Waals surface area contributed by atoms with Gasteiger partial charge in [-0.15, -0.1) is 0 Å². The van der Waals surface area contributed by atoms with Crippen LogP contribution < -0.4 is 16.4 Å². The second kappa shape index (κ2) is 7.11. The van der Waals surface area contributed by atoms with E-state index in [9.17, 15) is 13.6 Å². The molecule has 4 aromatic rings. The molecule has 6 nitrogen and oxygen atoms in total. The van der Waals surface area contributed by atoms with E-state index < -0.39 is 23.5 Å². The van der Waals surface area contributed by atoms with Gasteiger partial charge < -0.3 is 11.5 Å². The normalized spacial score (nSPS) is 11.1. The number of amides is 2. The number of aryl methyl sites for hydroxylation is 1. The molecule has 0 fully saturated rings. The van der Waals surface area contributed by atoms with Crippen molar-refractivity contribution in [3.05, 3.63) is 71.5 Å². The fourth-order valence-corrected chi connectivity index (χ4v) is 3.38. The summed E-state index contributed by atoms with van der Waals surface area (Å²) in [5.74, 6) is -2.05. The number of hydrogen-bond donors (Lipinski definition) is 3. The monoisotopic (exact) mass is 411 g/mol. The summed E-state index contributed by atoms with van der Waals surface area (Å²) in [6.45, 7) is 1.71. The molecule has 30 heavy (non-hydrogen) atoms. The van der Waals surface area contributed by atoms with Gasteiger partial charge in [0.1, 0.15) is 23.0 Å². The number of anilines is 3. The van der Waals surface area contributed by atoms with Crippen LogP contribution in [-0.4, -0.2) is 16.2 Å². The van der Waals surface area contributed by atoms with Gasteiger partial charge in [-0.3, -0.25) is 10.00 Å². The summed E-state index contributed by atoms with van der Waals surface area (Å²) in [5, 5.41) is 6.61. The van der Waals surface area contributed by atoms with Crippen LogP contribution >= 0.6 is 0 Å². The number of nitrogens with zero attached hydrogens (tertiary/aromatic N) is 2. The molecule has 5 N–H and O–H groups in total. The van der Waals surface area contributed by atoms with Crippen molar-refractivity contribution in [3.8, 4) is 11.1 Å². The van der Waals surface area contributed by atoms with Crippen LogP contribution in [0.3, 0.4) is 0 Å². The number of aromatic amines is 1. The molecular formula is C21H16F3N5O. The van der Waals surface area contributed by atoms with E-state index >= 15 is 4.39 Å². The highest BCUT2D eigenvalue weighted by Gasteiger charge is 2.23. The van der Waals surface area contributed by atoms with Crippen LogP contribution in [0.25, 0.3) is 22.0 Å². The fourth-order valence-electron chi connectivity index (χ4n) is 3.38. The van der Waals surface area contributed by atoms with Crippen LogP contribution in [-0.2, 0) is 0 Å². The maximum atomic E-state index is 15.1. The van der Waals surface area contributed by atoms with E-state index in [1.54, 1.807) is 6.92 Å². The summed E-state index contributed by atoms with van der Waals surface area (Å²) in [5.41, 5.74) is 12.4. The highest BCUT2D eigenvalue weighted by atomic mass is 19.1. The van der Waals surface area contributed by atoms with Crippen molar-refractivity contribution < 1.29 is 18.0 Å². The number of rotatable bonds is 3. The Morgan fingerprint density at radius 2 is 1.70 bits per heavy atom. The van der Waals surface area contributed by atoms with E-state index in [-0.39, 0.29) is 22.7 Å². The van der Waals surface area contributed by atoms with E-state index in [2.05, 4.69) is 10.2 Å². The summed E-state index contributed by atoms with van der Waals surface area (Å²) in [7, 11) is 0. The topological polar surface area (TPSA) is 101 Å². The number of H-pyrrole nitrogens is 1. The lowest BCUT2D eigenvalue weighted by atomic mass is 10.00. The number of fused-ring (bicyclic) bond motifs is 1. The predicted octanol–water partition coefficient (Wildman–Crippen LogP) is 4.75. The van der Waals surface area contributed by atoms with Crippen molar-refractivity contribution in [1.82, 2.24) is 10.2 Å². The van der Waals surface area contributed by atoms with Gasteiger partial charge in [0.05, 0.1) is 16.8 Å². The van der Waals surface area contributed by atoms with Gasteiger partial charge >= 0.3 is 6.03 Å². The number of benzene rings is 3. The molecule has 3 aromatic carbocycles. The first-order chi connectivity index (χ1) is 14.3. The lowest BCUT2D eigenvalue weighted by molar-refractivity contribution is 0.255. The van der Waals surface area contributed by atoms with Crippen molar-refractivity contribution in [2.75, 3.05) is 10.6 Å². The molecule has 0 aliphatic carbocycles. The molecule has 0 aliphatic rings. The molecule has 0 saturated heterocycles. The minimum atomic E-state index is -1.05. The fraction of sp³-hybridized carbons (Fsp3) is 0.0476. The van der Waals surface area contributed by atoms with E-state index in [4.69, 9.17) is 11.5 Å². The van der Waals surface area contributed by atoms with Gasteiger partial charge in [0, 0.05) is 0 Å². The molecule has 0 saturated carbocycles. The summed E-state index contributed by atoms with van der Waals surface area (Å²) in [6.07, 6.45) is 0. The number of hydrogen-bond acceptors (Lipinski definition) is 3. The van der Waals surface area contributed by atoms with Gasteiger partial charge in [-0.25, -0.2) is 18.0 Å². The van der Waals surface area contributed by atoms with E-state index in [1.165, 1.54) is 42.5 Å². The molecule has 2 amide bonds. The number of nitrogens with one attached hydrogen (secondary N) is 1. The molecule has 0 unspecified atom stereocenters. The van der Waals surface area contributed by atoms with Gasteiger partial charge in [0.15, 0.2) is 5.82 Å². The molecule has 4 rings (SSSR count). The van der Waals surface area contributed by atoms with Crippen LogP contribution in [0.15, 0.2) is 48.5 Å². The van der Waals surface area contributed by atoms with Crippen LogP contribution in [0.5, 0.6) is 0 Å². The molecule has 0 aliphatic heterocycles. The Bertz CT molecular complexity index is 1300. The molecule has 1 heterocycles. The number of primary amides is 1. The summed E-state index contributed by atoms with van der Waals surface area (Å²) < 4.78 is 43.4. The lowest BCUT2D eigenvalue weighted by Crippen LogP contribution is -2.32. The smallest absolute Gasteiger partial charge is 0.324 e. The van der Waals surface area contributed by atoms with Gasteiger partial charge in [-0.05, 0) is 53.9 Å². The number of halogens is 3. The number of carbonyl (C=O) groups excluding carboxylic acids is 1. The van der Waals surface area contributed by atoms with Crippen LogP contribution in [0, 0.1) is 24.4 Å². The van der Waals surface area contributed by atoms with Crippen molar-refractivity contribution in [3.63, 3.8) is 0 Å². The molecular weight excluding hydrogens is 395 g/mol. The van der Waals surface area contributed by atoms with Gasteiger partial charge in [-0.2, -0.15) is 5.10 Å². The van der Waals surface area contributed by atoms with Crippen molar-refractivity contribution in [1.29, 1.82) is 0 Å². The third-order valence-electron chi connectivity index (χ3n) is 4.76. The highest BCUT2D eigenvalue weighted by Crippen LogP contribution is 2.36. The predicted molar refractivity (Wildman–Crippen MR) is 109 cm³/mol. The largest absolute Gasteiger partial charge is 0.382 e. The first kappa shape index (κ1) is 19.3. The molecule has 0 atom stereocenters. The zero-order chi connectivity index (χ0) is 21.6. The lowest BCUT2D eigenvalue weighted by Gasteiger charge is -2.22. The van der Waals surface area contributed by atoms with Crippen LogP contribution in [0.2, 0.25) is 0 Å². The second-order valence-electron chi connectivity index (χ2n) is 6.75. The second-order valence-corrected chi connectivity index (χ2v) is 6.75. The molecule has 0 radical (unpaired) electrons. The van der Waals surface area contributed by atoms with Gasteiger partial charge in [-0.1, -0.05) is 18.2 Å². The Labute approximate surface area is 168 Å². The van der Waals surface area contributed by atoms with Crippen molar-refractivity contribution in [2.45, 2.75) is 6.92 Å². The Morgan fingerprint density at radius 3 is 2.40 bits per heavy atom. The third kappa shape index (κ3) is 3.10. The third-order valence-corrected chi connectivity index (χ3v) is 4.76. The number of carbonyl (C=O) groups is 1. The average molecular weight is 411 g/mol. The molecule has 9 heteroatoms. The van der Waals surface area contributed by atoms with Crippen molar-refractivity contribution >= 4 is 34.1 Å². The summed E-state index contributed by atoms with van der Waals surface area (Å²) >= 11 is 0. The maximum absolute atomic E-state index is 15.1. The standard InChI is InChI=1S/C21H16F3N5O/c1-10-2-5-13(22)17(8-10)29(21(26)30)16-7-3-11(9-15(16)24)12-4-6-14(23)19-18(12)20(25)28-27-19/h2-9H,1H3,(H2,26,30)(H3,25,27,28). The number of nitrogen functional groups attached to an aromatic ring is 1. The average Bonchev–Trinajstić information content (AvgIpc) is 3.09. The van der Waals surface area contributed by atoms with E-state index in [0.29, 0.717) is 22.1 Å². The Hall–Kier alpha value is -4.01. The van der Waals surface area contributed by atoms with Crippen LogP contribution in [0.1, 0.15) is 5.56 Å². The zero-order valence-corrected chi connectivity index (χ0v) is 15.7. The first-order valence-corrected chi connectivity index (χ1v) is 8.85. The zero-order valence-electron chi connectivity index (χ0n) is 15.7.